The van der Waals surface area contributed by atoms with Gasteiger partial charge in [-0.05, 0) is 29.3 Å². The molecule has 124 valence electrons. The second kappa shape index (κ2) is 7.79. The Hall–Kier alpha value is -2.59. The lowest BCUT2D eigenvalue weighted by Crippen LogP contribution is -2.41. The van der Waals surface area contributed by atoms with Gasteiger partial charge in [0.2, 0.25) is 0 Å². The van der Waals surface area contributed by atoms with Crippen molar-refractivity contribution in [3.05, 3.63) is 65.7 Å². The van der Waals surface area contributed by atoms with Gasteiger partial charge in [-0.3, -0.25) is 4.79 Å². The summed E-state index contributed by atoms with van der Waals surface area (Å²) in [7, 11) is 1.64. The van der Waals surface area contributed by atoms with E-state index in [0.717, 1.165) is 16.9 Å². The van der Waals surface area contributed by atoms with Crippen molar-refractivity contribution in [2.75, 3.05) is 33.4 Å². The molecule has 1 amide bonds. The third kappa shape index (κ3) is 3.84. The molecule has 4 nitrogen and oxygen atoms in total. The van der Waals surface area contributed by atoms with Crippen LogP contribution in [-0.2, 0) is 9.53 Å². The third-order valence-electron chi connectivity index (χ3n) is 4.02. The number of rotatable bonds is 4. The Balaban J connectivity index is 1.98. The highest BCUT2D eigenvalue weighted by molar-refractivity contribution is 6.24. The second-order valence-electron chi connectivity index (χ2n) is 5.61. The van der Waals surface area contributed by atoms with E-state index in [1.165, 1.54) is 0 Å². The predicted octanol–water partition coefficient (Wildman–Crippen LogP) is 3.09. The maximum atomic E-state index is 13.0. The zero-order valence-electron chi connectivity index (χ0n) is 13.8. The van der Waals surface area contributed by atoms with Crippen molar-refractivity contribution in [1.29, 1.82) is 0 Å². The number of amides is 1. The number of benzene rings is 2. The van der Waals surface area contributed by atoms with Gasteiger partial charge in [0.25, 0.3) is 5.91 Å². The summed E-state index contributed by atoms with van der Waals surface area (Å²) in [6, 6.07) is 17.5. The molecule has 24 heavy (non-hydrogen) atoms. The molecule has 3 rings (SSSR count). The van der Waals surface area contributed by atoms with Crippen molar-refractivity contribution in [3.63, 3.8) is 0 Å². The van der Waals surface area contributed by atoms with Gasteiger partial charge >= 0.3 is 0 Å². The Morgan fingerprint density at radius 1 is 1.08 bits per heavy atom. The molecule has 1 heterocycles. The number of carbonyl (C=O) groups excluding carboxylic acids is 1. The zero-order chi connectivity index (χ0) is 16.8. The van der Waals surface area contributed by atoms with Gasteiger partial charge in [0.05, 0.1) is 20.3 Å². The van der Waals surface area contributed by atoms with E-state index in [4.69, 9.17) is 9.47 Å². The third-order valence-corrected chi connectivity index (χ3v) is 4.02. The van der Waals surface area contributed by atoms with Gasteiger partial charge in [-0.2, -0.15) is 0 Å². The standard InChI is InChI=1S/C20H21NO3/c1-23-18-9-5-6-16(14-18)15-19(17-7-3-2-4-8-17)20(22)21-10-12-24-13-11-21/h2-9,14-15H,10-13H2,1H3/b19-15+. The van der Waals surface area contributed by atoms with Gasteiger partial charge in [0.15, 0.2) is 0 Å². The van der Waals surface area contributed by atoms with E-state index in [9.17, 15) is 4.79 Å². The molecule has 4 heteroatoms. The maximum Gasteiger partial charge on any atom is 0.254 e. The van der Waals surface area contributed by atoms with Gasteiger partial charge in [-0.1, -0.05) is 42.5 Å². The molecule has 0 aliphatic carbocycles. The van der Waals surface area contributed by atoms with E-state index < -0.39 is 0 Å². The number of morpholine rings is 1. The summed E-state index contributed by atoms with van der Waals surface area (Å²) in [6.07, 6.45) is 1.93. The SMILES string of the molecule is COc1cccc(/C=C(/C(=O)N2CCOCC2)c2ccccc2)c1. The van der Waals surface area contributed by atoms with Gasteiger partial charge in [0, 0.05) is 18.7 Å². The van der Waals surface area contributed by atoms with Crippen molar-refractivity contribution in [2.45, 2.75) is 0 Å². The summed E-state index contributed by atoms with van der Waals surface area (Å²) in [6.45, 7) is 2.43. The molecule has 0 unspecified atom stereocenters. The van der Waals surface area contributed by atoms with Crippen LogP contribution >= 0.6 is 0 Å². The van der Waals surface area contributed by atoms with Crippen molar-refractivity contribution in [1.82, 2.24) is 4.90 Å². The molecule has 0 bridgehead atoms. The highest BCUT2D eigenvalue weighted by Crippen LogP contribution is 2.23. The molecule has 1 saturated heterocycles. The van der Waals surface area contributed by atoms with Gasteiger partial charge in [-0.15, -0.1) is 0 Å². The molecule has 0 aromatic heterocycles. The molecule has 2 aromatic carbocycles. The molecular formula is C20H21NO3. The van der Waals surface area contributed by atoms with E-state index >= 15 is 0 Å². The first-order chi connectivity index (χ1) is 11.8. The number of hydrogen-bond donors (Lipinski definition) is 0. The maximum absolute atomic E-state index is 13.0. The molecule has 0 saturated carbocycles. The highest BCUT2D eigenvalue weighted by Gasteiger charge is 2.21. The van der Waals surface area contributed by atoms with Crippen LogP contribution in [0.15, 0.2) is 54.6 Å². The first-order valence-electron chi connectivity index (χ1n) is 8.06. The summed E-state index contributed by atoms with van der Waals surface area (Å²) in [4.78, 5) is 14.9. The fraction of sp³-hybridized carbons (Fsp3) is 0.250. The van der Waals surface area contributed by atoms with Gasteiger partial charge in [0.1, 0.15) is 5.75 Å². The van der Waals surface area contributed by atoms with Crippen molar-refractivity contribution < 1.29 is 14.3 Å². The number of nitrogens with zero attached hydrogens (tertiary/aromatic N) is 1. The van der Waals surface area contributed by atoms with Crippen molar-refractivity contribution in [2.24, 2.45) is 0 Å². The Labute approximate surface area is 142 Å². The Kier molecular flexibility index (Phi) is 5.29. The first-order valence-corrected chi connectivity index (χ1v) is 8.06. The summed E-state index contributed by atoms with van der Waals surface area (Å²) < 4.78 is 10.6. The summed E-state index contributed by atoms with van der Waals surface area (Å²) >= 11 is 0. The Bertz CT molecular complexity index is 719. The highest BCUT2D eigenvalue weighted by atomic mass is 16.5. The van der Waals surface area contributed by atoms with Crippen LogP contribution in [-0.4, -0.2) is 44.2 Å². The minimum Gasteiger partial charge on any atom is -0.497 e. The number of methoxy groups -OCH3 is 1. The Morgan fingerprint density at radius 2 is 1.83 bits per heavy atom. The number of carbonyl (C=O) groups is 1. The predicted molar refractivity (Wildman–Crippen MR) is 94.7 cm³/mol. The quantitative estimate of drug-likeness (QED) is 0.641. The average molecular weight is 323 g/mol. The van der Waals surface area contributed by atoms with E-state index in [1.54, 1.807) is 7.11 Å². The second-order valence-corrected chi connectivity index (χ2v) is 5.61. The molecule has 1 fully saturated rings. The van der Waals surface area contributed by atoms with Crippen LogP contribution in [0, 0.1) is 0 Å². The van der Waals surface area contributed by atoms with E-state index in [-0.39, 0.29) is 5.91 Å². The minimum absolute atomic E-state index is 0.0346. The van der Waals surface area contributed by atoms with E-state index in [1.807, 2.05) is 65.6 Å². The number of ether oxygens (including phenoxy) is 2. The fourth-order valence-electron chi connectivity index (χ4n) is 2.72. The van der Waals surface area contributed by atoms with Crippen LogP contribution in [0.25, 0.3) is 11.6 Å². The van der Waals surface area contributed by atoms with Crippen LogP contribution in [0.1, 0.15) is 11.1 Å². The Morgan fingerprint density at radius 3 is 2.54 bits per heavy atom. The van der Waals surface area contributed by atoms with Crippen LogP contribution in [0.3, 0.4) is 0 Å². The smallest absolute Gasteiger partial charge is 0.254 e. The molecule has 0 radical (unpaired) electrons. The summed E-state index contributed by atoms with van der Waals surface area (Å²) in [5.74, 6) is 0.808. The lowest BCUT2D eigenvalue weighted by atomic mass is 10.0. The molecule has 0 spiro atoms. The topological polar surface area (TPSA) is 38.8 Å². The van der Waals surface area contributed by atoms with Crippen molar-refractivity contribution in [3.8, 4) is 5.75 Å². The molecule has 1 aliphatic rings. The van der Waals surface area contributed by atoms with Gasteiger partial charge < -0.3 is 14.4 Å². The van der Waals surface area contributed by atoms with Crippen LogP contribution in [0.2, 0.25) is 0 Å². The minimum atomic E-state index is 0.0346. The molecule has 1 aliphatic heterocycles. The monoisotopic (exact) mass is 323 g/mol. The summed E-state index contributed by atoms with van der Waals surface area (Å²) in [5, 5.41) is 0. The lowest BCUT2D eigenvalue weighted by molar-refractivity contribution is -0.128. The summed E-state index contributed by atoms with van der Waals surface area (Å²) in [5.41, 5.74) is 2.54. The van der Waals surface area contributed by atoms with Crippen LogP contribution in [0.5, 0.6) is 5.75 Å². The van der Waals surface area contributed by atoms with E-state index in [2.05, 4.69) is 0 Å². The lowest BCUT2D eigenvalue weighted by Gasteiger charge is -2.28. The van der Waals surface area contributed by atoms with E-state index in [0.29, 0.717) is 31.9 Å². The van der Waals surface area contributed by atoms with Crippen LogP contribution in [0.4, 0.5) is 0 Å². The fourth-order valence-corrected chi connectivity index (χ4v) is 2.72. The molecule has 0 N–H and O–H groups in total. The van der Waals surface area contributed by atoms with Crippen molar-refractivity contribution >= 4 is 17.6 Å². The zero-order valence-corrected chi connectivity index (χ0v) is 13.8. The van der Waals surface area contributed by atoms with Crippen LogP contribution < -0.4 is 4.74 Å². The normalized spacial score (nSPS) is 15.2. The van der Waals surface area contributed by atoms with Gasteiger partial charge in [-0.25, -0.2) is 0 Å². The molecule has 2 aromatic rings. The molecule has 0 atom stereocenters. The number of hydrogen-bond acceptors (Lipinski definition) is 3. The average Bonchev–Trinajstić information content (AvgIpc) is 2.67. The molecular weight excluding hydrogens is 302 g/mol. The largest absolute Gasteiger partial charge is 0.497 e. The first kappa shape index (κ1) is 16.3.